The van der Waals surface area contributed by atoms with Crippen molar-refractivity contribution in [2.75, 3.05) is 44.4 Å². The van der Waals surface area contributed by atoms with Gasteiger partial charge in [-0.15, -0.1) is 0 Å². The number of hydrogen-bond acceptors (Lipinski definition) is 5. The number of aromatic nitrogens is 1. The number of aliphatic hydroxyl groups is 1. The molecule has 2 aliphatic heterocycles. The highest BCUT2D eigenvalue weighted by molar-refractivity contribution is 7.89. The van der Waals surface area contributed by atoms with E-state index in [4.69, 9.17) is 4.74 Å². The molecule has 38 heavy (non-hydrogen) atoms. The van der Waals surface area contributed by atoms with Crippen molar-refractivity contribution >= 4 is 32.6 Å². The molecule has 2 N–H and O–H groups in total. The minimum atomic E-state index is -3.35. The fourth-order valence-electron chi connectivity index (χ4n) is 6.12. The monoisotopic (exact) mass is 544 g/mol. The molecule has 3 aromatic rings. The van der Waals surface area contributed by atoms with Gasteiger partial charge < -0.3 is 24.6 Å². The minimum Gasteiger partial charge on any atom is -0.497 e. The van der Waals surface area contributed by atoms with Crippen LogP contribution >= 0.6 is 0 Å². The summed E-state index contributed by atoms with van der Waals surface area (Å²) in [5, 5.41) is 14.4. The lowest BCUT2D eigenvalue weighted by molar-refractivity contribution is 0.0841. The number of nitrogens with zero attached hydrogens (tertiary/aromatic N) is 3. The van der Waals surface area contributed by atoms with Crippen LogP contribution in [0.25, 0.3) is 10.9 Å². The van der Waals surface area contributed by atoms with Gasteiger partial charge >= 0.3 is 6.03 Å². The zero-order valence-electron chi connectivity index (χ0n) is 21.8. The number of hydrogen-bond donors (Lipinski definition) is 2. The second-order valence-electron chi connectivity index (χ2n) is 10.0. The third-order valence-corrected chi connectivity index (χ3v) is 9.98. The number of rotatable bonds is 5. The van der Waals surface area contributed by atoms with Crippen LogP contribution in [-0.2, 0) is 22.5 Å². The number of sulfonamides is 1. The average molecular weight is 545 g/mol. The topological polar surface area (TPSA) is 104 Å². The number of aryl methyl sites for hydroxylation is 1. The smallest absolute Gasteiger partial charge is 0.322 e. The number of carbonyl (C=O) groups excluding carboxylic acids is 1. The van der Waals surface area contributed by atoms with Crippen molar-refractivity contribution in [2.45, 2.75) is 31.2 Å². The second-order valence-corrected chi connectivity index (χ2v) is 12.3. The Labute approximate surface area is 221 Å². The van der Waals surface area contributed by atoms with E-state index in [0.29, 0.717) is 37.4 Å². The predicted molar refractivity (Wildman–Crippen MR) is 143 cm³/mol. The number of methoxy groups -OCH3 is 1. The van der Waals surface area contributed by atoms with Gasteiger partial charge in [0, 0.05) is 54.9 Å². The summed E-state index contributed by atoms with van der Waals surface area (Å²) < 4.78 is 48.0. The molecule has 11 heteroatoms. The maximum Gasteiger partial charge on any atom is 0.322 e. The number of anilines is 1. The van der Waals surface area contributed by atoms with Gasteiger partial charge in [-0.2, -0.15) is 0 Å². The maximum absolute atomic E-state index is 13.8. The number of nitrogens with one attached hydrogen (secondary N) is 1. The van der Waals surface area contributed by atoms with Gasteiger partial charge in [-0.25, -0.2) is 21.9 Å². The molecule has 1 atom stereocenters. The summed E-state index contributed by atoms with van der Waals surface area (Å²) in [4.78, 5) is 15.2. The number of urea groups is 1. The lowest BCUT2D eigenvalue weighted by atomic mass is 9.68. The molecule has 5 rings (SSSR count). The van der Waals surface area contributed by atoms with Crippen LogP contribution in [0.4, 0.5) is 14.9 Å². The molecule has 2 amide bonds. The zero-order chi connectivity index (χ0) is 27.2. The van der Waals surface area contributed by atoms with Gasteiger partial charge in [0.15, 0.2) is 0 Å². The summed E-state index contributed by atoms with van der Waals surface area (Å²) in [6, 6.07) is 10.4. The molecule has 0 bridgehead atoms. The lowest BCUT2D eigenvalue weighted by Gasteiger charge is -2.50. The molecule has 0 aliphatic carbocycles. The Bertz CT molecular complexity index is 1480. The van der Waals surface area contributed by atoms with Crippen LogP contribution in [0.3, 0.4) is 0 Å². The van der Waals surface area contributed by atoms with Gasteiger partial charge in [-0.1, -0.05) is 6.07 Å². The Kier molecular flexibility index (Phi) is 6.87. The first-order chi connectivity index (χ1) is 18.1. The zero-order valence-corrected chi connectivity index (χ0v) is 22.6. The van der Waals surface area contributed by atoms with Gasteiger partial charge in [0.2, 0.25) is 10.0 Å². The van der Waals surface area contributed by atoms with Gasteiger partial charge in [0.05, 0.1) is 31.0 Å². The molecule has 9 nitrogen and oxygen atoms in total. The molecule has 0 unspecified atom stereocenters. The molecule has 3 heterocycles. The number of fused-ring (bicyclic) bond motifs is 4. The van der Waals surface area contributed by atoms with E-state index in [1.807, 2.05) is 29.8 Å². The summed E-state index contributed by atoms with van der Waals surface area (Å²) in [5.41, 5.74) is 2.54. The van der Waals surface area contributed by atoms with E-state index < -0.39 is 33.3 Å². The number of piperidine rings is 1. The molecule has 0 radical (unpaired) electrons. The van der Waals surface area contributed by atoms with E-state index in [0.717, 1.165) is 22.2 Å². The average Bonchev–Trinajstić information content (AvgIpc) is 3.21. The largest absolute Gasteiger partial charge is 0.497 e. The minimum absolute atomic E-state index is 0.0358. The Hall–Kier alpha value is -3.15. The third-order valence-electron chi connectivity index (χ3n) is 8.10. The van der Waals surface area contributed by atoms with E-state index in [1.165, 1.54) is 22.5 Å². The van der Waals surface area contributed by atoms with E-state index in [1.54, 1.807) is 25.0 Å². The Balaban J connectivity index is 1.62. The molecule has 1 spiro atoms. The normalized spacial score (nSPS) is 19.5. The molecule has 2 aliphatic rings. The van der Waals surface area contributed by atoms with Crippen LogP contribution in [0.1, 0.15) is 37.1 Å². The molecule has 0 saturated carbocycles. The van der Waals surface area contributed by atoms with Crippen molar-refractivity contribution in [3.8, 4) is 5.75 Å². The van der Waals surface area contributed by atoms with Crippen molar-refractivity contribution in [1.29, 1.82) is 0 Å². The molecular weight excluding hydrogens is 511 g/mol. The van der Waals surface area contributed by atoms with Crippen molar-refractivity contribution in [3.63, 3.8) is 0 Å². The summed E-state index contributed by atoms with van der Waals surface area (Å²) in [5.74, 6) is 0.259. The van der Waals surface area contributed by atoms with Crippen LogP contribution in [0.5, 0.6) is 5.75 Å². The maximum atomic E-state index is 13.8. The second kappa shape index (κ2) is 9.87. The molecule has 204 valence electrons. The highest BCUT2D eigenvalue weighted by Gasteiger charge is 2.50. The van der Waals surface area contributed by atoms with E-state index in [2.05, 4.69) is 5.32 Å². The van der Waals surface area contributed by atoms with Gasteiger partial charge in [0.1, 0.15) is 11.6 Å². The fourth-order valence-corrected chi connectivity index (χ4v) is 7.22. The molecular formula is C27H33FN4O5S. The first-order valence-corrected chi connectivity index (χ1v) is 14.3. The van der Waals surface area contributed by atoms with Crippen LogP contribution in [-0.4, -0.2) is 72.4 Å². The summed E-state index contributed by atoms with van der Waals surface area (Å²) >= 11 is 0. The number of ether oxygens (including phenoxy) is 1. The van der Waals surface area contributed by atoms with Crippen LogP contribution in [0, 0.1) is 5.82 Å². The van der Waals surface area contributed by atoms with Crippen molar-refractivity contribution in [1.82, 2.24) is 13.8 Å². The van der Waals surface area contributed by atoms with Crippen molar-refractivity contribution < 1.29 is 27.4 Å². The van der Waals surface area contributed by atoms with Crippen LogP contribution in [0.15, 0.2) is 42.5 Å². The highest BCUT2D eigenvalue weighted by atomic mass is 32.2. The van der Waals surface area contributed by atoms with E-state index in [9.17, 15) is 22.7 Å². The van der Waals surface area contributed by atoms with Crippen LogP contribution < -0.4 is 10.1 Å². The molecule has 1 fully saturated rings. The number of aliphatic hydroxyl groups excluding tert-OH is 1. The number of halogens is 1. The summed E-state index contributed by atoms with van der Waals surface area (Å²) in [6.07, 6.45) is 1.04. The van der Waals surface area contributed by atoms with Crippen LogP contribution in [0.2, 0.25) is 0 Å². The molecule has 1 saturated heterocycles. The van der Waals surface area contributed by atoms with Crippen molar-refractivity contribution in [3.05, 3.63) is 59.5 Å². The predicted octanol–water partition coefficient (Wildman–Crippen LogP) is 3.59. The number of carbonyl (C=O) groups is 1. The third kappa shape index (κ3) is 4.32. The van der Waals surface area contributed by atoms with Crippen molar-refractivity contribution in [2.24, 2.45) is 7.05 Å². The first kappa shape index (κ1) is 26.5. The van der Waals surface area contributed by atoms with Gasteiger partial charge in [-0.3, -0.25) is 0 Å². The SMILES string of the molecule is CCS(=O)(=O)N1CCC2(CC1)CN(C(=O)Nc1cccc(F)c1)[C@@H](CO)c1c2c2ccc(OC)cc2n1C. The fraction of sp³-hybridized carbons (Fsp3) is 0.444. The van der Waals surface area contributed by atoms with E-state index >= 15 is 0 Å². The first-order valence-electron chi connectivity index (χ1n) is 12.7. The number of amides is 2. The Morgan fingerprint density at radius 3 is 2.58 bits per heavy atom. The molecule has 1 aromatic heterocycles. The summed E-state index contributed by atoms with van der Waals surface area (Å²) in [7, 11) is 0.159. The lowest BCUT2D eigenvalue weighted by Crippen LogP contribution is -2.56. The summed E-state index contributed by atoms with van der Waals surface area (Å²) in [6.45, 7) is 2.30. The standard InChI is InChI=1S/C27H33FN4O5S/c1-4-38(35,36)31-12-10-27(11-13-31)17-32(26(34)29-19-7-5-6-18(28)14-19)23(16-33)25-24(27)21-9-8-20(37-3)15-22(21)30(25)2/h5-9,14-15,23,33H,4,10-13,16-17H2,1-3H3,(H,29,34)/t23-/m0/s1. The van der Waals surface area contributed by atoms with E-state index in [-0.39, 0.29) is 18.9 Å². The highest BCUT2D eigenvalue weighted by Crippen LogP contribution is 2.50. The number of benzene rings is 2. The quantitative estimate of drug-likeness (QED) is 0.511. The Morgan fingerprint density at radius 2 is 1.95 bits per heavy atom. The van der Waals surface area contributed by atoms with Gasteiger partial charge in [0.25, 0.3) is 0 Å². The van der Waals surface area contributed by atoms with Gasteiger partial charge in [-0.05, 0) is 55.7 Å². The Morgan fingerprint density at radius 1 is 1.21 bits per heavy atom. The molecule has 2 aromatic carbocycles.